The zero-order chi connectivity index (χ0) is 18.7. The number of halogens is 3. The lowest BCUT2D eigenvalue weighted by molar-refractivity contribution is -0.137. The van der Waals surface area contributed by atoms with Crippen molar-refractivity contribution in [3.8, 4) is 5.75 Å². The van der Waals surface area contributed by atoms with Gasteiger partial charge in [-0.3, -0.25) is 4.79 Å². The molecule has 3 rings (SSSR count). The lowest BCUT2D eigenvalue weighted by Crippen LogP contribution is -2.31. The number of fused-ring (bicyclic) bond motifs is 1. The van der Waals surface area contributed by atoms with Crippen LogP contribution in [0, 0.1) is 0 Å². The van der Waals surface area contributed by atoms with Crippen LogP contribution in [-0.2, 0) is 23.8 Å². The highest BCUT2D eigenvalue weighted by Crippen LogP contribution is 2.34. The fraction of sp³-hybridized carbons (Fsp3) is 0.350. The minimum absolute atomic E-state index is 0.272. The predicted molar refractivity (Wildman–Crippen MR) is 93.2 cm³/mol. The Bertz CT molecular complexity index is 802. The molecule has 138 valence electrons. The molecule has 0 radical (unpaired) electrons. The van der Waals surface area contributed by atoms with Crippen molar-refractivity contribution in [2.75, 3.05) is 5.32 Å². The molecule has 2 aromatic carbocycles. The molecule has 0 bridgehead atoms. The fourth-order valence-electron chi connectivity index (χ4n) is 3.11. The molecule has 1 amide bonds. The second-order valence-electron chi connectivity index (χ2n) is 6.43. The third-order valence-electron chi connectivity index (χ3n) is 4.49. The van der Waals surface area contributed by atoms with E-state index in [1.54, 1.807) is 6.07 Å². The number of carbonyl (C=O) groups is 1. The van der Waals surface area contributed by atoms with Crippen molar-refractivity contribution in [2.24, 2.45) is 0 Å². The maximum atomic E-state index is 13.0. The van der Waals surface area contributed by atoms with Crippen molar-refractivity contribution in [3.63, 3.8) is 0 Å². The van der Waals surface area contributed by atoms with Crippen molar-refractivity contribution in [2.45, 2.75) is 44.9 Å². The van der Waals surface area contributed by atoms with Gasteiger partial charge in [-0.05, 0) is 68.0 Å². The maximum Gasteiger partial charge on any atom is 0.418 e. The summed E-state index contributed by atoms with van der Waals surface area (Å²) >= 11 is 0. The van der Waals surface area contributed by atoms with E-state index in [-0.39, 0.29) is 5.69 Å². The number of benzene rings is 2. The molecule has 0 aromatic heterocycles. The summed E-state index contributed by atoms with van der Waals surface area (Å²) in [5, 5.41) is 2.32. The number of hydrogen-bond acceptors (Lipinski definition) is 2. The van der Waals surface area contributed by atoms with Gasteiger partial charge in [-0.25, -0.2) is 0 Å². The first-order chi connectivity index (χ1) is 12.3. The fourth-order valence-corrected chi connectivity index (χ4v) is 3.11. The van der Waals surface area contributed by atoms with Gasteiger partial charge in [0.05, 0.1) is 11.3 Å². The van der Waals surface area contributed by atoms with E-state index in [4.69, 9.17) is 4.74 Å². The van der Waals surface area contributed by atoms with Crippen LogP contribution in [-0.4, -0.2) is 12.0 Å². The Morgan fingerprint density at radius 1 is 1.08 bits per heavy atom. The lowest BCUT2D eigenvalue weighted by Gasteiger charge is -2.20. The van der Waals surface area contributed by atoms with Crippen LogP contribution in [0.25, 0.3) is 0 Å². The number of rotatable bonds is 4. The zero-order valence-corrected chi connectivity index (χ0v) is 14.4. The van der Waals surface area contributed by atoms with Crippen LogP contribution in [0.4, 0.5) is 18.9 Å². The van der Waals surface area contributed by atoms with Crippen molar-refractivity contribution >= 4 is 11.6 Å². The van der Waals surface area contributed by atoms with Crippen LogP contribution in [0.1, 0.15) is 36.5 Å². The maximum absolute atomic E-state index is 13.0. The van der Waals surface area contributed by atoms with Gasteiger partial charge >= 0.3 is 6.18 Å². The van der Waals surface area contributed by atoms with Crippen LogP contribution in [0.3, 0.4) is 0 Å². The second kappa shape index (κ2) is 7.40. The van der Waals surface area contributed by atoms with Gasteiger partial charge in [-0.15, -0.1) is 0 Å². The molecule has 0 aliphatic heterocycles. The quantitative estimate of drug-likeness (QED) is 0.831. The van der Waals surface area contributed by atoms with Crippen molar-refractivity contribution in [1.82, 2.24) is 0 Å². The lowest BCUT2D eigenvalue weighted by atomic mass is 9.92. The number of carbonyl (C=O) groups excluding carboxylic acids is 1. The standard InChI is InChI=1S/C20H20F3NO2/c1-13(26-16-11-10-14-6-2-3-7-15(14)12-16)19(25)24-18-9-5-4-8-17(18)20(21,22)23/h4-5,8-13H,2-3,6-7H2,1H3,(H,24,25)/t13-/m0/s1. The second-order valence-corrected chi connectivity index (χ2v) is 6.43. The van der Waals surface area contributed by atoms with Gasteiger partial charge in [-0.1, -0.05) is 18.2 Å². The summed E-state index contributed by atoms with van der Waals surface area (Å²) in [7, 11) is 0. The Morgan fingerprint density at radius 2 is 1.77 bits per heavy atom. The van der Waals surface area contributed by atoms with Gasteiger partial charge in [0.15, 0.2) is 6.10 Å². The number of aryl methyl sites for hydroxylation is 2. The van der Waals surface area contributed by atoms with E-state index in [0.29, 0.717) is 5.75 Å². The van der Waals surface area contributed by atoms with Crippen LogP contribution in [0.5, 0.6) is 5.75 Å². The first kappa shape index (κ1) is 18.3. The summed E-state index contributed by atoms with van der Waals surface area (Å²) in [5.74, 6) is -0.0724. The summed E-state index contributed by atoms with van der Waals surface area (Å²) in [5.41, 5.74) is 1.35. The Morgan fingerprint density at radius 3 is 2.50 bits per heavy atom. The average Bonchev–Trinajstić information content (AvgIpc) is 2.61. The Balaban J connectivity index is 1.69. The molecule has 0 heterocycles. The average molecular weight is 363 g/mol. The number of para-hydroxylation sites is 1. The van der Waals surface area contributed by atoms with Gasteiger partial charge < -0.3 is 10.1 Å². The van der Waals surface area contributed by atoms with Gasteiger partial charge in [-0.2, -0.15) is 13.2 Å². The molecule has 0 fully saturated rings. The molecule has 6 heteroatoms. The van der Waals surface area contributed by atoms with E-state index < -0.39 is 23.8 Å². The largest absolute Gasteiger partial charge is 0.481 e. The number of nitrogens with one attached hydrogen (secondary N) is 1. The van der Waals surface area contributed by atoms with Crippen LogP contribution in [0.2, 0.25) is 0 Å². The van der Waals surface area contributed by atoms with Crippen LogP contribution >= 0.6 is 0 Å². The molecule has 2 aromatic rings. The monoisotopic (exact) mass is 363 g/mol. The number of ether oxygens (including phenoxy) is 1. The molecule has 0 saturated carbocycles. The van der Waals surface area contributed by atoms with Gasteiger partial charge in [0.1, 0.15) is 5.75 Å². The van der Waals surface area contributed by atoms with Gasteiger partial charge in [0.25, 0.3) is 5.91 Å². The van der Waals surface area contributed by atoms with E-state index in [0.717, 1.165) is 25.3 Å². The first-order valence-electron chi connectivity index (χ1n) is 8.60. The molecule has 1 N–H and O–H groups in total. The molecular weight excluding hydrogens is 343 g/mol. The zero-order valence-electron chi connectivity index (χ0n) is 14.4. The van der Waals surface area contributed by atoms with E-state index in [1.807, 2.05) is 12.1 Å². The summed E-state index contributed by atoms with van der Waals surface area (Å²) in [6.45, 7) is 1.52. The van der Waals surface area contributed by atoms with E-state index >= 15 is 0 Å². The van der Waals surface area contributed by atoms with E-state index in [1.165, 1.54) is 42.7 Å². The Hall–Kier alpha value is -2.50. The highest BCUT2D eigenvalue weighted by Gasteiger charge is 2.34. The Labute approximate surface area is 150 Å². The first-order valence-corrected chi connectivity index (χ1v) is 8.60. The summed E-state index contributed by atoms with van der Waals surface area (Å²) in [6.07, 6.45) is -1.14. The smallest absolute Gasteiger partial charge is 0.418 e. The number of amides is 1. The molecule has 0 unspecified atom stereocenters. The third-order valence-corrected chi connectivity index (χ3v) is 4.49. The summed E-state index contributed by atoms with van der Waals surface area (Å²) < 4.78 is 44.7. The molecule has 1 aliphatic carbocycles. The summed E-state index contributed by atoms with van der Waals surface area (Å²) in [4.78, 5) is 12.3. The van der Waals surface area contributed by atoms with Crippen LogP contribution < -0.4 is 10.1 Å². The number of anilines is 1. The number of hydrogen-bond donors (Lipinski definition) is 1. The molecule has 1 atom stereocenters. The minimum atomic E-state index is -4.54. The van der Waals surface area contributed by atoms with Crippen molar-refractivity contribution < 1.29 is 22.7 Å². The van der Waals surface area contributed by atoms with E-state index in [2.05, 4.69) is 5.32 Å². The van der Waals surface area contributed by atoms with E-state index in [9.17, 15) is 18.0 Å². The molecule has 3 nitrogen and oxygen atoms in total. The molecule has 0 saturated heterocycles. The highest BCUT2D eigenvalue weighted by molar-refractivity contribution is 5.94. The van der Waals surface area contributed by atoms with Crippen molar-refractivity contribution in [1.29, 1.82) is 0 Å². The number of alkyl halides is 3. The van der Waals surface area contributed by atoms with Crippen LogP contribution in [0.15, 0.2) is 42.5 Å². The summed E-state index contributed by atoms with van der Waals surface area (Å²) in [6, 6.07) is 10.6. The Kier molecular flexibility index (Phi) is 5.20. The highest BCUT2D eigenvalue weighted by atomic mass is 19.4. The third kappa shape index (κ3) is 4.18. The predicted octanol–water partition coefficient (Wildman–Crippen LogP) is 4.99. The molecule has 1 aliphatic rings. The normalized spacial score (nSPS) is 15.1. The SMILES string of the molecule is C[C@H](Oc1ccc2c(c1)CCCC2)C(=O)Nc1ccccc1C(F)(F)F. The topological polar surface area (TPSA) is 38.3 Å². The molecular formula is C20H20F3NO2. The van der Waals surface area contributed by atoms with Crippen molar-refractivity contribution in [3.05, 3.63) is 59.2 Å². The molecule has 26 heavy (non-hydrogen) atoms. The molecule has 0 spiro atoms. The van der Waals surface area contributed by atoms with Gasteiger partial charge in [0.2, 0.25) is 0 Å². The van der Waals surface area contributed by atoms with Gasteiger partial charge in [0, 0.05) is 0 Å². The minimum Gasteiger partial charge on any atom is -0.481 e.